The van der Waals surface area contributed by atoms with Gasteiger partial charge in [0.1, 0.15) is 16.9 Å². The number of hydrogen-bond acceptors (Lipinski definition) is 6. The van der Waals surface area contributed by atoms with Gasteiger partial charge in [0, 0.05) is 16.5 Å². The molecule has 0 unspecified atom stereocenters. The number of nitrogens with one attached hydrogen (secondary N) is 2. The maximum Gasteiger partial charge on any atom is 0.281 e. The number of benzene rings is 2. The Morgan fingerprint density at radius 2 is 2.00 bits per heavy atom. The molecule has 154 valence electrons. The number of carbonyl (C=O) groups is 2. The number of anilines is 1. The van der Waals surface area contributed by atoms with E-state index in [1.165, 1.54) is 23.7 Å². The Balaban J connectivity index is 1.48. The second-order valence-corrected chi connectivity index (χ2v) is 7.96. The molecule has 5 rings (SSSR count). The number of amides is 2. The molecule has 0 saturated heterocycles. The molecule has 0 fully saturated rings. The molecule has 0 radical (unpaired) electrons. The van der Waals surface area contributed by atoms with Crippen LogP contribution in [0.25, 0.3) is 21.3 Å². The van der Waals surface area contributed by atoms with Crippen LogP contribution in [0.15, 0.2) is 59.0 Å². The minimum Gasteiger partial charge on any atom is -0.482 e. The zero-order valence-electron chi connectivity index (χ0n) is 16.3. The molecule has 0 spiro atoms. The predicted octanol–water partition coefficient (Wildman–Crippen LogP) is 3.15. The summed E-state index contributed by atoms with van der Waals surface area (Å²) in [6.07, 6.45) is 1.30. The molecule has 2 aromatic heterocycles. The number of aromatic nitrogens is 2. The predicted molar refractivity (Wildman–Crippen MR) is 118 cm³/mol. The van der Waals surface area contributed by atoms with Crippen LogP contribution in [0.1, 0.15) is 15.9 Å². The van der Waals surface area contributed by atoms with E-state index < -0.39 is 5.91 Å². The van der Waals surface area contributed by atoms with E-state index in [0.29, 0.717) is 21.7 Å². The lowest BCUT2D eigenvalue weighted by Gasteiger charge is -2.18. The summed E-state index contributed by atoms with van der Waals surface area (Å²) in [5, 5.41) is 5.01. The monoisotopic (exact) mass is 432 g/mol. The van der Waals surface area contributed by atoms with Gasteiger partial charge in [-0.05, 0) is 30.7 Å². The van der Waals surface area contributed by atoms with Crippen molar-refractivity contribution in [3.8, 4) is 16.9 Å². The second-order valence-electron chi connectivity index (χ2n) is 7.10. The first-order valence-electron chi connectivity index (χ1n) is 9.43. The number of ether oxygens (including phenoxy) is 1. The number of aryl methyl sites for hydroxylation is 1. The van der Waals surface area contributed by atoms with Crippen LogP contribution in [-0.2, 0) is 4.79 Å². The summed E-state index contributed by atoms with van der Waals surface area (Å²) in [5.74, 6) is -0.359. The van der Waals surface area contributed by atoms with E-state index in [1.54, 1.807) is 12.1 Å². The molecule has 0 aliphatic carbocycles. The van der Waals surface area contributed by atoms with Gasteiger partial charge in [-0.15, -0.1) is 11.3 Å². The fourth-order valence-electron chi connectivity index (χ4n) is 3.35. The second kappa shape index (κ2) is 7.37. The molecule has 31 heavy (non-hydrogen) atoms. The maximum atomic E-state index is 13.1. The first-order valence-corrected chi connectivity index (χ1v) is 10.3. The zero-order valence-corrected chi connectivity index (χ0v) is 17.2. The lowest BCUT2D eigenvalue weighted by Crippen LogP contribution is -2.33. The van der Waals surface area contributed by atoms with Crippen molar-refractivity contribution < 1.29 is 14.3 Å². The van der Waals surface area contributed by atoms with Crippen LogP contribution in [-0.4, -0.2) is 28.1 Å². The third-order valence-corrected chi connectivity index (χ3v) is 5.84. The molecule has 1 aliphatic rings. The van der Waals surface area contributed by atoms with Crippen LogP contribution in [0.2, 0.25) is 0 Å². The smallest absolute Gasteiger partial charge is 0.281 e. The molecular weight excluding hydrogens is 416 g/mol. The van der Waals surface area contributed by atoms with Crippen LogP contribution in [0.3, 0.4) is 0 Å². The molecule has 0 saturated carbocycles. The van der Waals surface area contributed by atoms with Gasteiger partial charge < -0.3 is 10.1 Å². The van der Waals surface area contributed by atoms with E-state index in [-0.39, 0.29) is 23.6 Å². The zero-order chi connectivity index (χ0) is 21.5. The maximum absolute atomic E-state index is 13.1. The Morgan fingerprint density at radius 1 is 1.19 bits per heavy atom. The van der Waals surface area contributed by atoms with Gasteiger partial charge in [0.05, 0.1) is 11.1 Å². The van der Waals surface area contributed by atoms with E-state index in [2.05, 4.69) is 15.7 Å². The fraction of sp³-hybridized carbons (Fsp3) is 0.0909. The largest absolute Gasteiger partial charge is 0.482 e. The van der Waals surface area contributed by atoms with Crippen molar-refractivity contribution in [2.75, 3.05) is 17.3 Å². The first kappa shape index (κ1) is 19.0. The van der Waals surface area contributed by atoms with Crippen LogP contribution < -0.4 is 21.0 Å². The molecule has 0 atom stereocenters. The van der Waals surface area contributed by atoms with Crippen molar-refractivity contribution in [2.24, 2.45) is 0 Å². The Labute approximate surface area is 180 Å². The summed E-state index contributed by atoms with van der Waals surface area (Å²) in [6.45, 7) is 1.89. The van der Waals surface area contributed by atoms with Crippen molar-refractivity contribution in [3.05, 3.63) is 75.7 Å². The average Bonchev–Trinajstić information content (AvgIpc) is 3.20. The van der Waals surface area contributed by atoms with Crippen LogP contribution >= 0.6 is 11.3 Å². The molecule has 4 aromatic rings. The molecule has 2 N–H and O–H groups in total. The summed E-state index contributed by atoms with van der Waals surface area (Å²) >= 11 is 1.38. The van der Waals surface area contributed by atoms with Gasteiger partial charge in [-0.3, -0.25) is 19.8 Å². The Kier molecular flexibility index (Phi) is 4.52. The molecule has 8 nitrogen and oxygen atoms in total. The van der Waals surface area contributed by atoms with Crippen molar-refractivity contribution in [3.63, 3.8) is 0 Å². The van der Waals surface area contributed by atoms with E-state index in [1.807, 2.05) is 36.6 Å². The SMILES string of the molecule is Cc1ccc(-c2csc3ncn(NC(=O)c4ccc5c(c4)OCC(=O)N5)c(=O)c23)cc1. The highest BCUT2D eigenvalue weighted by atomic mass is 32.1. The normalized spacial score (nSPS) is 12.7. The summed E-state index contributed by atoms with van der Waals surface area (Å²) in [6, 6.07) is 12.5. The van der Waals surface area contributed by atoms with Gasteiger partial charge in [-0.1, -0.05) is 29.8 Å². The van der Waals surface area contributed by atoms with Gasteiger partial charge in [-0.25, -0.2) is 9.66 Å². The minimum atomic E-state index is -0.501. The molecule has 0 bridgehead atoms. The van der Waals surface area contributed by atoms with Gasteiger partial charge in [0.2, 0.25) is 0 Å². The van der Waals surface area contributed by atoms with E-state index >= 15 is 0 Å². The molecule has 9 heteroatoms. The standard InChI is InChI=1S/C22H16N4O4S/c1-12-2-4-13(5-3-12)15-10-31-21-19(15)22(29)26(11-23-21)25-20(28)14-6-7-16-17(8-14)30-9-18(27)24-16/h2-8,10-11H,9H2,1H3,(H,24,27)(H,25,28). The third-order valence-electron chi connectivity index (χ3n) is 4.96. The van der Waals surface area contributed by atoms with Gasteiger partial charge in [0.25, 0.3) is 17.4 Å². The Morgan fingerprint density at radius 3 is 2.81 bits per heavy atom. The van der Waals surface area contributed by atoms with E-state index in [9.17, 15) is 14.4 Å². The highest BCUT2D eigenvalue weighted by molar-refractivity contribution is 7.17. The minimum absolute atomic E-state index is 0.113. The lowest BCUT2D eigenvalue weighted by atomic mass is 10.1. The molecule has 2 amide bonds. The highest BCUT2D eigenvalue weighted by Gasteiger charge is 2.19. The number of thiophene rings is 1. The summed E-state index contributed by atoms with van der Waals surface area (Å²) in [7, 11) is 0. The van der Waals surface area contributed by atoms with Crippen molar-refractivity contribution in [1.29, 1.82) is 0 Å². The van der Waals surface area contributed by atoms with E-state index in [4.69, 9.17) is 4.74 Å². The van der Waals surface area contributed by atoms with Gasteiger partial charge in [0.15, 0.2) is 6.61 Å². The summed E-state index contributed by atoms with van der Waals surface area (Å²) in [5.41, 5.74) is 5.80. The average molecular weight is 432 g/mol. The van der Waals surface area contributed by atoms with Crippen molar-refractivity contribution in [1.82, 2.24) is 9.66 Å². The topological polar surface area (TPSA) is 102 Å². The van der Waals surface area contributed by atoms with Crippen LogP contribution in [0.4, 0.5) is 5.69 Å². The lowest BCUT2D eigenvalue weighted by molar-refractivity contribution is -0.118. The molecule has 2 aromatic carbocycles. The quantitative estimate of drug-likeness (QED) is 0.518. The summed E-state index contributed by atoms with van der Waals surface area (Å²) < 4.78 is 6.43. The number of hydrogen-bond donors (Lipinski definition) is 2. The fourth-order valence-corrected chi connectivity index (χ4v) is 4.25. The number of carbonyl (C=O) groups excluding carboxylic acids is 2. The van der Waals surface area contributed by atoms with Gasteiger partial charge in [-0.2, -0.15) is 0 Å². The van der Waals surface area contributed by atoms with Crippen LogP contribution in [0, 0.1) is 6.92 Å². The first-order chi connectivity index (χ1) is 15.0. The van der Waals surface area contributed by atoms with Crippen molar-refractivity contribution in [2.45, 2.75) is 6.92 Å². The highest BCUT2D eigenvalue weighted by Crippen LogP contribution is 2.31. The van der Waals surface area contributed by atoms with Gasteiger partial charge >= 0.3 is 0 Å². The number of rotatable bonds is 3. The third kappa shape index (κ3) is 3.44. The number of nitrogens with zero attached hydrogens (tertiary/aromatic N) is 2. The Bertz CT molecular complexity index is 1410. The molecule has 1 aliphatic heterocycles. The van der Waals surface area contributed by atoms with Crippen molar-refractivity contribution >= 4 is 39.1 Å². The number of fused-ring (bicyclic) bond motifs is 2. The summed E-state index contributed by atoms with van der Waals surface area (Å²) in [4.78, 5) is 42.2. The Hall–Kier alpha value is -3.98. The van der Waals surface area contributed by atoms with Crippen LogP contribution in [0.5, 0.6) is 5.75 Å². The molecular formula is C22H16N4O4S. The molecule has 3 heterocycles. The van der Waals surface area contributed by atoms with E-state index in [0.717, 1.165) is 21.4 Å².